The van der Waals surface area contributed by atoms with Crippen LogP contribution in [-0.2, 0) is 19.0 Å². The molecule has 0 amide bonds. The number of carbonyl (C=O) groups is 1. The first-order valence-electron chi connectivity index (χ1n) is 12.0. The van der Waals surface area contributed by atoms with Crippen molar-refractivity contribution in [1.82, 2.24) is 0 Å². The van der Waals surface area contributed by atoms with Gasteiger partial charge in [-0.05, 0) is 32.1 Å². The summed E-state index contributed by atoms with van der Waals surface area (Å²) in [5, 5.41) is 9.71. The quantitative estimate of drug-likeness (QED) is 0.218. The van der Waals surface area contributed by atoms with E-state index >= 15 is 0 Å². The van der Waals surface area contributed by atoms with Crippen molar-refractivity contribution in [1.29, 1.82) is 0 Å². The Bertz CT molecular complexity index is 464. The number of aliphatic hydroxyl groups excluding tert-OH is 1. The molecular weight excluding hydrogens is 368 g/mol. The van der Waals surface area contributed by atoms with Crippen molar-refractivity contribution in [3.63, 3.8) is 0 Å². The third-order valence-corrected chi connectivity index (χ3v) is 5.91. The summed E-state index contributed by atoms with van der Waals surface area (Å²) in [5.41, 5.74) is 0. The summed E-state index contributed by atoms with van der Waals surface area (Å²) in [5.74, 6) is -0.179. The zero-order valence-electron chi connectivity index (χ0n) is 18.4. The smallest absolute Gasteiger partial charge is 0.306 e. The molecule has 3 unspecified atom stereocenters. The van der Waals surface area contributed by atoms with E-state index in [1.807, 2.05) is 0 Å². The van der Waals surface area contributed by atoms with Gasteiger partial charge in [-0.15, -0.1) is 0 Å². The number of ether oxygens (including phenoxy) is 3. The van der Waals surface area contributed by atoms with E-state index in [0.29, 0.717) is 13.0 Å². The van der Waals surface area contributed by atoms with Crippen molar-refractivity contribution in [2.24, 2.45) is 0 Å². The average molecular weight is 411 g/mol. The Kier molecular flexibility index (Phi) is 12.6. The largest absolute Gasteiger partial charge is 0.457 e. The SMILES string of the molecule is CCCCCCCC/C=C/CCCCCCCC(=O)O[C@H]1COC2C(O)COC21. The van der Waals surface area contributed by atoms with E-state index in [1.54, 1.807) is 0 Å². The van der Waals surface area contributed by atoms with Gasteiger partial charge in [-0.1, -0.05) is 70.4 Å². The Labute approximate surface area is 177 Å². The van der Waals surface area contributed by atoms with E-state index in [2.05, 4.69) is 19.1 Å². The normalized spacial score (nSPS) is 26.3. The number of unbranched alkanes of at least 4 members (excludes halogenated alkanes) is 11. The molecule has 2 rings (SSSR count). The maximum atomic E-state index is 12.0. The summed E-state index contributed by atoms with van der Waals surface area (Å²) in [6, 6.07) is 0. The molecule has 0 saturated carbocycles. The molecule has 29 heavy (non-hydrogen) atoms. The molecule has 2 aliphatic rings. The molecule has 2 fully saturated rings. The zero-order chi connectivity index (χ0) is 20.7. The Morgan fingerprint density at radius 3 is 2.14 bits per heavy atom. The summed E-state index contributed by atoms with van der Waals surface area (Å²) in [6.45, 7) is 2.85. The molecule has 0 bridgehead atoms. The molecule has 2 saturated heterocycles. The van der Waals surface area contributed by atoms with Gasteiger partial charge in [0.05, 0.1) is 13.2 Å². The van der Waals surface area contributed by atoms with Crippen molar-refractivity contribution in [3.8, 4) is 0 Å². The molecule has 0 spiro atoms. The first-order chi connectivity index (χ1) is 14.2. The first kappa shape index (κ1) is 24.4. The zero-order valence-corrected chi connectivity index (χ0v) is 18.4. The lowest BCUT2D eigenvalue weighted by Crippen LogP contribution is -2.34. The molecule has 4 atom stereocenters. The maximum absolute atomic E-state index is 12.0. The minimum absolute atomic E-state index is 0.179. The number of carbonyl (C=O) groups excluding carboxylic acids is 1. The molecule has 0 radical (unpaired) electrons. The number of esters is 1. The molecule has 2 heterocycles. The predicted octanol–water partition coefficient (Wildman–Crippen LogP) is 5.09. The van der Waals surface area contributed by atoms with Crippen molar-refractivity contribution in [3.05, 3.63) is 12.2 Å². The van der Waals surface area contributed by atoms with Crippen molar-refractivity contribution >= 4 is 5.97 Å². The Hall–Kier alpha value is -0.910. The van der Waals surface area contributed by atoms with Crippen LogP contribution in [0.5, 0.6) is 0 Å². The van der Waals surface area contributed by atoms with Gasteiger partial charge in [-0.2, -0.15) is 0 Å². The van der Waals surface area contributed by atoms with Gasteiger partial charge in [0.2, 0.25) is 0 Å². The highest BCUT2D eigenvalue weighted by Crippen LogP contribution is 2.29. The maximum Gasteiger partial charge on any atom is 0.306 e. The second kappa shape index (κ2) is 15.0. The van der Waals surface area contributed by atoms with E-state index in [1.165, 1.54) is 70.6 Å². The van der Waals surface area contributed by atoms with Gasteiger partial charge in [0.1, 0.15) is 18.3 Å². The van der Waals surface area contributed by atoms with Gasteiger partial charge >= 0.3 is 5.97 Å². The number of aliphatic hydroxyl groups is 1. The van der Waals surface area contributed by atoms with Crippen molar-refractivity contribution in [2.45, 2.75) is 121 Å². The molecule has 0 aromatic carbocycles. The molecule has 5 heteroatoms. The fourth-order valence-corrected chi connectivity index (χ4v) is 4.11. The second-order valence-corrected chi connectivity index (χ2v) is 8.53. The lowest BCUT2D eigenvalue weighted by molar-refractivity contribution is -0.153. The van der Waals surface area contributed by atoms with Crippen LogP contribution in [0, 0.1) is 0 Å². The van der Waals surface area contributed by atoms with E-state index in [4.69, 9.17) is 14.2 Å². The van der Waals surface area contributed by atoms with Crippen LogP contribution < -0.4 is 0 Å². The van der Waals surface area contributed by atoms with Crippen LogP contribution in [0.1, 0.15) is 96.8 Å². The van der Waals surface area contributed by atoms with Crippen LogP contribution in [0.3, 0.4) is 0 Å². The number of hydrogen-bond donors (Lipinski definition) is 1. The lowest BCUT2D eigenvalue weighted by atomic mass is 10.1. The number of fused-ring (bicyclic) bond motifs is 1. The predicted molar refractivity (Wildman–Crippen MR) is 115 cm³/mol. The summed E-state index contributed by atoms with van der Waals surface area (Å²) in [7, 11) is 0. The van der Waals surface area contributed by atoms with Crippen LogP contribution in [0.2, 0.25) is 0 Å². The van der Waals surface area contributed by atoms with Crippen molar-refractivity contribution < 1.29 is 24.1 Å². The summed E-state index contributed by atoms with van der Waals surface area (Å²) >= 11 is 0. The molecular formula is C24H42O5. The highest BCUT2D eigenvalue weighted by atomic mass is 16.6. The van der Waals surface area contributed by atoms with E-state index in [9.17, 15) is 9.90 Å². The lowest BCUT2D eigenvalue weighted by Gasteiger charge is -2.16. The minimum Gasteiger partial charge on any atom is -0.457 e. The third-order valence-electron chi connectivity index (χ3n) is 5.91. The molecule has 5 nitrogen and oxygen atoms in total. The molecule has 168 valence electrons. The van der Waals surface area contributed by atoms with Gasteiger partial charge in [0.25, 0.3) is 0 Å². The Morgan fingerprint density at radius 2 is 1.45 bits per heavy atom. The molecule has 1 N–H and O–H groups in total. The Morgan fingerprint density at radius 1 is 0.862 bits per heavy atom. The summed E-state index contributed by atoms with van der Waals surface area (Å²) < 4.78 is 16.4. The fraction of sp³-hybridized carbons (Fsp3) is 0.875. The summed E-state index contributed by atoms with van der Waals surface area (Å²) in [6.07, 6.45) is 19.7. The molecule has 0 aliphatic carbocycles. The fourth-order valence-electron chi connectivity index (χ4n) is 4.11. The van der Waals surface area contributed by atoms with Crippen LogP contribution in [0.15, 0.2) is 12.2 Å². The molecule has 2 aliphatic heterocycles. The van der Waals surface area contributed by atoms with E-state index < -0.39 is 6.10 Å². The summed E-state index contributed by atoms with van der Waals surface area (Å²) in [4.78, 5) is 12.0. The molecule has 0 aromatic heterocycles. The molecule has 0 aromatic rings. The standard InChI is InChI=1S/C24H42O5/c1-2-3-4-5-6-7-8-9-10-11-12-13-14-15-16-17-22(26)29-21-19-28-23-20(25)18-27-24(21)23/h9-10,20-21,23-25H,2-8,11-19H2,1H3/b10-9+/t20?,21-,23?,24?/m0/s1. The topological polar surface area (TPSA) is 65.0 Å². The van der Waals surface area contributed by atoms with Gasteiger partial charge < -0.3 is 19.3 Å². The van der Waals surface area contributed by atoms with E-state index in [0.717, 1.165) is 12.8 Å². The number of hydrogen-bond acceptors (Lipinski definition) is 5. The van der Waals surface area contributed by atoms with Gasteiger partial charge in [-0.25, -0.2) is 0 Å². The van der Waals surface area contributed by atoms with Crippen LogP contribution in [0.25, 0.3) is 0 Å². The van der Waals surface area contributed by atoms with Gasteiger partial charge in [-0.3, -0.25) is 4.79 Å². The monoisotopic (exact) mass is 410 g/mol. The third kappa shape index (κ3) is 9.63. The Balaban J connectivity index is 1.35. The number of allylic oxidation sites excluding steroid dienone is 2. The van der Waals surface area contributed by atoms with Gasteiger partial charge in [0, 0.05) is 6.42 Å². The van der Waals surface area contributed by atoms with Crippen LogP contribution in [0.4, 0.5) is 0 Å². The van der Waals surface area contributed by atoms with Crippen LogP contribution >= 0.6 is 0 Å². The average Bonchev–Trinajstić information content (AvgIpc) is 3.28. The second-order valence-electron chi connectivity index (χ2n) is 8.53. The van der Waals surface area contributed by atoms with Crippen molar-refractivity contribution in [2.75, 3.05) is 13.2 Å². The van der Waals surface area contributed by atoms with E-state index in [-0.39, 0.29) is 30.9 Å². The van der Waals surface area contributed by atoms with Gasteiger partial charge in [0.15, 0.2) is 6.10 Å². The highest BCUT2D eigenvalue weighted by Gasteiger charge is 2.48. The number of rotatable bonds is 16. The highest BCUT2D eigenvalue weighted by molar-refractivity contribution is 5.69. The van der Waals surface area contributed by atoms with Crippen LogP contribution in [-0.4, -0.2) is 48.7 Å². The minimum atomic E-state index is -0.603. The first-order valence-corrected chi connectivity index (χ1v) is 12.0.